The molecule has 1 aromatic carbocycles. The smallest absolute Gasteiger partial charge is 0.216 e. The second kappa shape index (κ2) is 8.30. The molecule has 0 saturated heterocycles. The fraction of sp³-hybridized carbons (Fsp3) is 0.368. The molecule has 1 aromatic heterocycles. The van der Waals surface area contributed by atoms with Crippen LogP contribution in [0, 0.1) is 11.3 Å². The second-order valence-electron chi connectivity index (χ2n) is 6.45. The van der Waals surface area contributed by atoms with E-state index in [2.05, 4.69) is 9.71 Å². The molecular formula is C19H21N3O3S. The molecule has 1 N–H and O–H groups in total. The highest BCUT2D eigenvalue weighted by molar-refractivity contribution is 7.88. The van der Waals surface area contributed by atoms with Crippen LogP contribution in [0.1, 0.15) is 36.8 Å². The highest BCUT2D eigenvalue weighted by Gasteiger charge is 2.26. The van der Waals surface area contributed by atoms with Gasteiger partial charge in [-0.3, -0.25) is 0 Å². The first-order chi connectivity index (χ1) is 12.5. The molecule has 1 heterocycles. The molecule has 1 aliphatic rings. The number of nitrogens with zero attached hydrogens (tertiary/aromatic N) is 2. The Hall–Kier alpha value is -2.43. The summed E-state index contributed by atoms with van der Waals surface area (Å²) in [6.45, 7) is 0. The maximum atomic E-state index is 12.3. The predicted molar refractivity (Wildman–Crippen MR) is 97.8 cm³/mol. The van der Waals surface area contributed by atoms with Gasteiger partial charge in [-0.2, -0.15) is 5.26 Å². The van der Waals surface area contributed by atoms with Gasteiger partial charge in [-0.1, -0.05) is 30.3 Å². The molecule has 0 bridgehead atoms. The lowest BCUT2D eigenvalue weighted by Crippen LogP contribution is -2.40. The molecule has 6 nitrogen and oxygen atoms in total. The van der Waals surface area contributed by atoms with Crippen molar-refractivity contribution in [3.63, 3.8) is 0 Å². The second-order valence-corrected chi connectivity index (χ2v) is 8.20. The molecule has 7 heteroatoms. The summed E-state index contributed by atoms with van der Waals surface area (Å²) in [7, 11) is -3.35. The summed E-state index contributed by atoms with van der Waals surface area (Å²) in [5.41, 5.74) is 1.28. The molecule has 26 heavy (non-hydrogen) atoms. The highest BCUT2D eigenvalue weighted by Crippen LogP contribution is 2.23. The number of rotatable bonds is 6. The van der Waals surface area contributed by atoms with Crippen LogP contribution in [0.4, 0.5) is 0 Å². The van der Waals surface area contributed by atoms with Crippen molar-refractivity contribution in [3.8, 4) is 11.9 Å². The minimum atomic E-state index is -3.35. The van der Waals surface area contributed by atoms with Crippen molar-refractivity contribution in [3.05, 3.63) is 59.8 Å². The summed E-state index contributed by atoms with van der Waals surface area (Å²) in [6, 6.07) is 14.5. The van der Waals surface area contributed by atoms with E-state index in [0.29, 0.717) is 11.4 Å². The van der Waals surface area contributed by atoms with E-state index in [0.717, 1.165) is 31.2 Å². The number of hydrogen-bond acceptors (Lipinski definition) is 5. The SMILES string of the molecule is N#Cc1ccc(OC2CCC(NS(=O)(=O)Cc3ccccc3)CC2)nc1. The topological polar surface area (TPSA) is 92.1 Å². The van der Waals surface area contributed by atoms with Gasteiger partial charge in [0.1, 0.15) is 12.2 Å². The molecule has 0 amide bonds. The summed E-state index contributed by atoms with van der Waals surface area (Å²) in [5, 5.41) is 8.78. The zero-order valence-electron chi connectivity index (χ0n) is 14.3. The number of pyridine rings is 1. The Bertz CT molecular complexity index is 853. The zero-order valence-corrected chi connectivity index (χ0v) is 15.2. The summed E-state index contributed by atoms with van der Waals surface area (Å²) in [6.07, 6.45) is 4.49. The molecule has 1 aliphatic carbocycles. The molecule has 0 radical (unpaired) electrons. The third-order valence-corrected chi connectivity index (χ3v) is 5.78. The first-order valence-electron chi connectivity index (χ1n) is 8.61. The Kier molecular flexibility index (Phi) is 5.86. The van der Waals surface area contributed by atoms with E-state index in [1.165, 1.54) is 6.20 Å². The lowest BCUT2D eigenvalue weighted by Gasteiger charge is -2.29. The van der Waals surface area contributed by atoms with E-state index in [-0.39, 0.29) is 17.9 Å². The van der Waals surface area contributed by atoms with Gasteiger partial charge in [-0.25, -0.2) is 18.1 Å². The summed E-state index contributed by atoms with van der Waals surface area (Å²) >= 11 is 0. The van der Waals surface area contributed by atoms with Gasteiger partial charge in [0.05, 0.1) is 11.3 Å². The van der Waals surface area contributed by atoms with Gasteiger partial charge in [-0.15, -0.1) is 0 Å². The zero-order chi connectivity index (χ0) is 18.4. The molecule has 0 atom stereocenters. The third kappa shape index (κ3) is 5.28. The van der Waals surface area contributed by atoms with Gasteiger partial charge >= 0.3 is 0 Å². The average Bonchev–Trinajstić information content (AvgIpc) is 2.64. The van der Waals surface area contributed by atoms with Crippen molar-refractivity contribution < 1.29 is 13.2 Å². The number of sulfonamides is 1. The minimum Gasteiger partial charge on any atom is -0.474 e. The van der Waals surface area contributed by atoms with Crippen LogP contribution < -0.4 is 9.46 Å². The lowest BCUT2D eigenvalue weighted by atomic mass is 9.94. The van der Waals surface area contributed by atoms with E-state index < -0.39 is 10.0 Å². The van der Waals surface area contributed by atoms with Crippen molar-refractivity contribution in [2.45, 2.75) is 43.6 Å². The van der Waals surface area contributed by atoms with Gasteiger partial charge < -0.3 is 4.74 Å². The molecular weight excluding hydrogens is 350 g/mol. The van der Waals surface area contributed by atoms with Crippen LogP contribution in [0.2, 0.25) is 0 Å². The van der Waals surface area contributed by atoms with E-state index in [9.17, 15) is 8.42 Å². The van der Waals surface area contributed by atoms with Crippen molar-refractivity contribution in [1.82, 2.24) is 9.71 Å². The molecule has 1 fully saturated rings. The fourth-order valence-corrected chi connectivity index (χ4v) is 4.53. The first kappa shape index (κ1) is 18.4. The van der Waals surface area contributed by atoms with Gasteiger partial charge in [0.25, 0.3) is 0 Å². The maximum absolute atomic E-state index is 12.3. The molecule has 0 spiro atoms. The van der Waals surface area contributed by atoms with E-state index in [1.54, 1.807) is 12.1 Å². The molecule has 0 unspecified atom stereocenters. The van der Waals surface area contributed by atoms with Crippen molar-refractivity contribution >= 4 is 10.0 Å². The predicted octanol–water partition coefficient (Wildman–Crippen LogP) is 2.76. The largest absolute Gasteiger partial charge is 0.474 e. The fourth-order valence-electron chi connectivity index (χ4n) is 3.07. The Balaban J connectivity index is 1.48. The number of nitrogens with one attached hydrogen (secondary N) is 1. The number of hydrogen-bond donors (Lipinski definition) is 1. The van der Waals surface area contributed by atoms with Gasteiger partial charge in [0.15, 0.2) is 0 Å². The summed E-state index contributed by atoms with van der Waals surface area (Å²) in [4.78, 5) is 4.11. The van der Waals surface area contributed by atoms with Gasteiger partial charge in [0, 0.05) is 18.3 Å². The minimum absolute atomic E-state index is 0.000566. The van der Waals surface area contributed by atoms with E-state index in [4.69, 9.17) is 10.00 Å². The Morgan fingerprint density at radius 1 is 1.12 bits per heavy atom. The Labute approximate surface area is 153 Å². The van der Waals surface area contributed by atoms with Crippen LogP contribution >= 0.6 is 0 Å². The van der Waals surface area contributed by atoms with Gasteiger partial charge in [-0.05, 0) is 37.3 Å². The van der Waals surface area contributed by atoms with Crippen LogP contribution in [0.15, 0.2) is 48.7 Å². The number of nitriles is 1. The first-order valence-corrected chi connectivity index (χ1v) is 10.3. The summed E-state index contributed by atoms with van der Waals surface area (Å²) in [5.74, 6) is 0.497. The molecule has 2 aromatic rings. The number of benzene rings is 1. The molecule has 136 valence electrons. The van der Waals surface area contributed by atoms with Crippen molar-refractivity contribution in [2.75, 3.05) is 0 Å². The third-order valence-electron chi connectivity index (χ3n) is 4.37. The molecule has 3 rings (SSSR count). The standard InChI is InChI=1S/C19H21N3O3S/c20-12-16-6-11-19(21-13-16)25-18-9-7-17(8-10-18)22-26(23,24)14-15-4-2-1-3-5-15/h1-6,11,13,17-18,22H,7-10,14H2. The Morgan fingerprint density at radius 2 is 1.85 bits per heavy atom. The van der Waals surface area contributed by atoms with Crippen molar-refractivity contribution in [2.24, 2.45) is 0 Å². The van der Waals surface area contributed by atoms with Crippen LogP contribution in [0.25, 0.3) is 0 Å². The normalized spacial score (nSPS) is 20.3. The number of aromatic nitrogens is 1. The maximum Gasteiger partial charge on any atom is 0.216 e. The van der Waals surface area contributed by atoms with Crippen LogP contribution in [0.3, 0.4) is 0 Å². The molecule has 0 aliphatic heterocycles. The van der Waals surface area contributed by atoms with E-state index >= 15 is 0 Å². The quantitative estimate of drug-likeness (QED) is 0.843. The average molecular weight is 371 g/mol. The van der Waals surface area contributed by atoms with Crippen LogP contribution in [-0.2, 0) is 15.8 Å². The monoisotopic (exact) mass is 371 g/mol. The number of ether oxygens (including phenoxy) is 1. The summed E-state index contributed by atoms with van der Waals surface area (Å²) < 4.78 is 33.3. The van der Waals surface area contributed by atoms with E-state index in [1.807, 2.05) is 36.4 Å². The van der Waals surface area contributed by atoms with Crippen molar-refractivity contribution in [1.29, 1.82) is 5.26 Å². The Morgan fingerprint density at radius 3 is 2.46 bits per heavy atom. The van der Waals surface area contributed by atoms with Crippen LogP contribution in [-0.4, -0.2) is 25.5 Å². The molecule has 1 saturated carbocycles. The lowest BCUT2D eigenvalue weighted by molar-refractivity contribution is 0.138. The van der Waals surface area contributed by atoms with Gasteiger partial charge in [0.2, 0.25) is 15.9 Å². The highest BCUT2D eigenvalue weighted by atomic mass is 32.2. The van der Waals surface area contributed by atoms with Crippen LogP contribution in [0.5, 0.6) is 5.88 Å².